The monoisotopic (exact) mass is 365 g/mol. The zero-order chi connectivity index (χ0) is 15.0. The third-order valence-corrected chi connectivity index (χ3v) is 4.24. The van der Waals surface area contributed by atoms with Gasteiger partial charge >= 0.3 is 0 Å². The van der Waals surface area contributed by atoms with E-state index in [9.17, 15) is 4.79 Å². The van der Waals surface area contributed by atoms with E-state index in [1.807, 2.05) is 6.92 Å². The third-order valence-electron chi connectivity index (χ3n) is 2.93. The van der Waals surface area contributed by atoms with E-state index in [0.29, 0.717) is 26.7 Å². The minimum Gasteiger partial charge on any atom is -0.320 e. The standard InChI is InChI=1S/C13H9BrClN5O/c1-7-10(14)12-17-6-9(20(12)19-11(7)15)13(21)18-8-2-4-16-5-3-8/h2-6H,1H3,(H,16,18,21). The highest BCUT2D eigenvalue weighted by Crippen LogP contribution is 2.26. The molecule has 0 aliphatic rings. The van der Waals surface area contributed by atoms with Gasteiger partial charge in [0.2, 0.25) is 0 Å². The average molecular weight is 367 g/mol. The Morgan fingerprint density at radius 3 is 2.81 bits per heavy atom. The Morgan fingerprint density at radius 2 is 2.10 bits per heavy atom. The van der Waals surface area contributed by atoms with Crippen LogP contribution in [0.5, 0.6) is 0 Å². The summed E-state index contributed by atoms with van der Waals surface area (Å²) in [7, 11) is 0. The van der Waals surface area contributed by atoms with Gasteiger partial charge in [0.25, 0.3) is 5.91 Å². The molecule has 3 rings (SSSR count). The van der Waals surface area contributed by atoms with Gasteiger partial charge in [0.15, 0.2) is 16.5 Å². The van der Waals surface area contributed by atoms with E-state index in [1.54, 1.807) is 24.5 Å². The molecule has 1 N–H and O–H groups in total. The molecule has 0 fully saturated rings. The van der Waals surface area contributed by atoms with Gasteiger partial charge in [-0.05, 0) is 35.0 Å². The maximum Gasteiger partial charge on any atom is 0.276 e. The van der Waals surface area contributed by atoms with E-state index >= 15 is 0 Å². The first-order valence-corrected chi connectivity index (χ1v) is 7.15. The summed E-state index contributed by atoms with van der Waals surface area (Å²) in [5.41, 5.74) is 2.25. The summed E-state index contributed by atoms with van der Waals surface area (Å²) in [5.74, 6) is -0.326. The second-order valence-corrected chi connectivity index (χ2v) is 5.45. The Morgan fingerprint density at radius 1 is 1.38 bits per heavy atom. The lowest BCUT2D eigenvalue weighted by Gasteiger charge is -2.06. The van der Waals surface area contributed by atoms with Crippen molar-refractivity contribution in [2.75, 3.05) is 5.32 Å². The Balaban J connectivity index is 2.03. The van der Waals surface area contributed by atoms with E-state index in [4.69, 9.17) is 11.6 Å². The largest absolute Gasteiger partial charge is 0.320 e. The number of rotatable bonds is 2. The highest BCUT2D eigenvalue weighted by molar-refractivity contribution is 9.10. The number of hydrogen-bond donors (Lipinski definition) is 1. The van der Waals surface area contributed by atoms with Crippen molar-refractivity contribution in [1.29, 1.82) is 0 Å². The Hall–Kier alpha value is -1.99. The first-order chi connectivity index (χ1) is 10.1. The summed E-state index contributed by atoms with van der Waals surface area (Å²) >= 11 is 9.47. The van der Waals surface area contributed by atoms with Gasteiger partial charge in [0, 0.05) is 23.6 Å². The van der Waals surface area contributed by atoms with Crippen LogP contribution >= 0.6 is 27.5 Å². The molecule has 0 unspecified atom stereocenters. The molecule has 3 aromatic rings. The van der Waals surface area contributed by atoms with Crippen molar-refractivity contribution in [3.63, 3.8) is 0 Å². The number of aromatic nitrogens is 4. The molecule has 6 nitrogen and oxygen atoms in total. The van der Waals surface area contributed by atoms with Crippen LogP contribution in [0.2, 0.25) is 5.15 Å². The van der Waals surface area contributed by atoms with Crippen LogP contribution in [0.25, 0.3) is 5.65 Å². The second-order valence-electron chi connectivity index (χ2n) is 4.30. The number of carbonyl (C=O) groups excluding carboxylic acids is 1. The molecule has 0 bridgehead atoms. The maximum atomic E-state index is 12.3. The van der Waals surface area contributed by atoms with Crippen LogP contribution in [0.3, 0.4) is 0 Å². The van der Waals surface area contributed by atoms with E-state index in [0.717, 1.165) is 5.56 Å². The minimum absolute atomic E-state index is 0.296. The highest BCUT2D eigenvalue weighted by atomic mass is 79.9. The molecule has 1 amide bonds. The number of halogens is 2. The van der Waals surface area contributed by atoms with Gasteiger partial charge in [0.1, 0.15) is 0 Å². The van der Waals surface area contributed by atoms with Crippen LogP contribution in [-0.2, 0) is 0 Å². The Kier molecular flexibility index (Phi) is 3.60. The van der Waals surface area contributed by atoms with Crippen LogP contribution in [0.4, 0.5) is 5.69 Å². The lowest BCUT2D eigenvalue weighted by atomic mass is 10.3. The molecule has 0 aliphatic carbocycles. The molecule has 0 aromatic carbocycles. The molecule has 3 aromatic heterocycles. The zero-order valence-corrected chi connectivity index (χ0v) is 13.2. The average Bonchev–Trinajstić information content (AvgIpc) is 2.90. The van der Waals surface area contributed by atoms with Gasteiger partial charge in [-0.2, -0.15) is 5.10 Å². The van der Waals surface area contributed by atoms with Crippen molar-refractivity contribution in [1.82, 2.24) is 19.6 Å². The number of amides is 1. The predicted molar refractivity (Wildman–Crippen MR) is 82.6 cm³/mol. The highest BCUT2D eigenvalue weighted by Gasteiger charge is 2.17. The number of nitrogens with one attached hydrogen (secondary N) is 1. The van der Waals surface area contributed by atoms with Crippen molar-refractivity contribution >= 4 is 44.8 Å². The van der Waals surface area contributed by atoms with Crippen LogP contribution in [0.1, 0.15) is 16.1 Å². The SMILES string of the molecule is Cc1c(Cl)nn2c(C(=O)Nc3ccncc3)cnc2c1Br. The number of nitrogens with zero attached hydrogens (tertiary/aromatic N) is 4. The molecule has 0 saturated carbocycles. The fraction of sp³-hybridized carbons (Fsp3) is 0.0769. The minimum atomic E-state index is -0.326. The van der Waals surface area contributed by atoms with Gasteiger partial charge in [-0.15, -0.1) is 0 Å². The topological polar surface area (TPSA) is 72.2 Å². The fourth-order valence-electron chi connectivity index (χ4n) is 1.80. The molecular weight excluding hydrogens is 358 g/mol. The lowest BCUT2D eigenvalue weighted by Crippen LogP contribution is -2.15. The van der Waals surface area contributed by atoms with E-state index in [-0.39, 0.29) is 5.91 Å². The van der Waals surface area contributed by atoms with Crippen molar-refractivity contribution in [3.05, 3.63) is 51.6 Å². The summed E-state index contributed by atoms with van der Waals surface area (Å²) in [5, 5.41) is 7.24. The predicted octanol–water partition coefficient (Wildman–Crippen LogP) is 3.10. The van der Waals surface area contributed by atoms with Crippen LogP contribution in [0.15, 0.2) is 35.2 Å². The molecule has 3 heterocycles. The third kappa shape index (κ3) is 2.50. The number of pyridine rings is 1. The van der Waals surface area contributed by atoms with Crippen LogP contribution < -0.4 is 5.32 Å². The number of carbonyl (C=O) groups is 1. The molecule has 106 valence electrons. The van der Waals surface area contributed by atoms with Crippen molar-refractivity contribution in [2.45, 2.75) is 6.92 Å². The molecule has 0 saturated heterocycles. The zero-order valence-electron chi connectivity index (χ0n) is 10.8. The number of fused-ring (bicyclic) bond motifs is 1. The fourth-order valence-corrected chi connectivity index (χ4v) is 2.55. The molecule has 0 atom stereocenters. The summed E-state index contributed by atoms with van der Waals surface area (Å²) < 4.78 is 2.13. The van der Waals surface area contributed by atoms with E-state index < -0.39 is 0 Å². The molecule has 21 heavy (non-hydrogen) atoms. The Bertz CT molecular complexity index is 833. The molecule has 0 radical (unpaired) electrons. The van der Waals surface area contributed by atoms with E-state index in [1.165, 1.54) is 10.7 Å². The van der Waals surface area contributed by atoms with Gasteiger partial charge in [-0.25, -0.2) is 9.50 Å². The smallest absolute Gasteiger partial charge is 0.276 e. The second kappa shape index (κ2) is 5.42. The number of anilines is 1. The first kappa shape index (κ1) is 14.0. The molecule has 0 spiro atoms. The molecule has 0 aliphatic heterocycles. The number of hydrogen-bond acceptors (Lipinski definition) is 4. The summed E-state index contributed by atoms with van der Waals surface area (Å²) in [6.45, 7) is 1.82. The van der Waals surface area contributed by atoms with Crippen LogP contribution in [-0.4, -0.2) is 25.5 Å². The quantitative estimate of drug-likeness (QED) is 0.756. The summed E-state index contributed by atoms with van der Waals surface area (Å²) in [6.07, 6.45) is 4.65. The summed E-state index contributed by atoms with van der Waals surface area (Å²) in [4.78, 5) is 20.4. The molecule has 8 heteroatoms. The maximum absolute atomic E-state index is 12.3. The van der Waals surface area contributed by atoms with Crippen LogP contribution in [0, 0.1) is 6.92 Å². The first-order valence-electron chi connectivity index (χ1n) is 5.98. The number of imidazole rings is 1. The van der Waals surface area contributed by atoms with Gasteiger partial charge < -0.3 is 5.32 Å². The normalized spacial score (nSPS) is 10.8. The van der Waals surface area contributed by atoms with Crippen molar-refractivity contribution in [2.24, 2.45) is 0 Å². The van der Waals surface area contributed by atoms with Crippen molar-refractivity contribution in [3.8, 4) is 0 Å². The lowest BCUT2D eigenvalue weighted by molar-refractivity contribution is 0.102. The Labute approximate surface area is 133 Å². The van der Waals surface area contributed by atoms with E-state index in [2.05, 4.69) is 36.3 Å². The van der Waals surface area contributed by atoms with Gasteiger partial charge in [0.05, 0.1) is 10.7 Å². The van der Waals surface area contributed by atoms with Gasteiger partial charge in [-0.3, -0.25) is 9.78 Å². The van der Waals surface area contributed by atoms with Gasteiger partial charge in [-0.1, -0.05) is 11.6 Å². The molecular formula is C13H9BrClN5O. The summed E-state index contributed by atoms with van der Waals surface area (Å²) in [6, 6.07) is 3.39. The van der Waals surface area contributed by atoms with Crippen molar-refractivity contribution < 1.29 is 4.79 Å².